The lowest BCUT2D eigenvalue weighted by Crippen LogP contribution is -2.46. The molecule has 1 aromatic carbocycles. The Morgan fingerprint density at radius 1 is 1.04 bits per heavy atom. The summed E-state index contributed by atoms with van der Waals surface area (Å²) in [5.41, 5.74) is 3.66. The number of hydrogen-bond acceptors (Lipinski definition) is 5. The van der Waals surface area contributed by atoms with Gasteiger partial charge in [0.05, 0.1) is 0 Å². The van der Waals surface area contributed by atoms with Gasteiger partial charge in [0, 0.05) is 44.0 Å². The predicted octanol–water partition coefficient (Wildman–Crippen LogP) is 2.78. The molecule has 2 saturated heterocycles. The summed E-state index contributed by atoms with van der Waals surface area (Å²) < 4.78 is 6.05. The number of anilines is 1. The molecule has 23 heavy (non-hydrogen) atoms. The van der Waals surface area contributed by atoms with Crippen LogP contribution in [0.5, 0.6) is 0 Å². The van der Waals surface area contributed by atoms with E-state index >= 15 is 0 Å². The molecule has 2 aliphatic rings. The third-order valence-electron chi connectivity index (χ3n) is 4.93. The van der Waals surface area contributed by atoms with Crippen LogP contribution in [0.4, 0.5) is 6.01 Å². The maximum atomic E-state index is 6.05. The molecule has 0 amide bonds. The number of fused-ring (bicyclic) bond motifs is 3. The highest BCUT2D eigenvalue weighted by atomic mass is 16.4. The molecule has 1 unspecified atom stereocenters. The quantitative estimate of drug-likeness (QED) is 0.728. The minimum absolute atomic E-state index is 0.533. The molecule has 0 aliphatic carbocycles. The van der Waals surface area contributed by atoms with Gasteiger partial charge in [-0.3, -0.25) is 4.90 Å². The third-order valence-corrected chi connectivity index (χ3v) is 4.93. The van der Waals surface area contributed by atoms with Gasteiger partial charge in [-0.1, -0.05) is 30.3 Å². The van der Waals surface area contributed by atoms with Crippen molar-refractivity contribution in [2.24, 2.45) is 0 Å². The van der Waals surface area contributed by atoms with Crippen LogP contribution in [0.25, 0.3) is 22.4 Å². The second-order valence-corrected chi connectivity index (χ2v) is 6.34. The van der Waals surface area contributed by atoms with E-state index in [4.69, 9.17) is 4.42 Å². The zero-order chi connectivity index (χ0) is 15.2. The number of aromatic nitrogens is 2. The van der Waals surface area contributed by atoms with E-state index in [2.05, 4.69) is 31.9 Å². The average molecular weight is 306 g/mol. The summed E-state index contributed by atoms with van der Waals surface area (Å²) in [6.07, 6.45) is 3.07. The molecule has 5 heteroatoms. The first kappa shape index (κ1) is 13.1. The molecular formula is C18H18N4O. The predicted molar refractivity (Wildman–Crippen MR) is 89.4 cm³/mol. The zero-order valence-electron chi connectivity index (χ0n) is 12.9. The molecule has 4 heterocycles. The highest BCUT2D eigenvalue weighted by Gasteiger charge is 2.34. The first-order valence-corrected chi connectivity index (χ1v) is 8.18. The van der Waals surface area contributed by atoms with Gasteiger partial charge in [-0.2, -0.15) is 4.98 Å². The summed E-state index contributed by atoms with van der Waals surface area (Å²) in [6.45, 7) is 4.40. The highest BCUT2D eigenvalue weighted by Crippen LogP contribution is 2.30. The van der Waals surface area contributed by atoms with Crippen LogP contribution in [0.2, 0.25) is 0 Å². The van der Waals surface area contributed by atoms with Crippen molar-refractivity contribution in [2.45, 2.75) is 12.5 Å². The molecule has 0 spiro atoms. The molecule has 116 valence electrons. The SMILES string of the molecule is c1ccc(-c2cnc3nc(N4CCN5CC[C@@H]4C5)oc3c2)cc1. The monoisotopic (exact) mass is 306 g/mol. The van der Waals surface area contributed by atoms with E-state index in [1.54, 1.807) is 0 Å². The van der Waals surface area contributed by atoms with Gasteiger partial charge in [0.1, 0.15) is 0 Å². The zero-order valence-corrected chi connectivity index (χ0v) is 12.9. The Hall–Kier alpha value is -2.40. The molecular weight excluding hydrogens is 288 g/mol. The summed E-state index contributed by atoms with van der Waals surface area (Å²) in [7, 11) is 0. The van der Waals surface area contributed by atoms with Crippen LogP contribution in [0.1, 0.15) is 6.42 Å². The van der Waals surface area contributed by atoms with Gasteiger partial charge in [0.15, 0.2) is 5.58 Å². The second-order valence-electron chi connectivity index (χ2n) is 6.34. The molecule has 2 bridgehead atoms. The summed E-state index contributed by atoms with van der Waals surface area (Å²) >= 11 is 0. The molecule has 0 radical (unpaired) electrons. The standard InChI is InChI=1S/C18H18N4O/c1-2-4-13(5-3-1)14-10-16-17(19-11-14)20-18(23-16)22-9-8-21-7-6-15(22)12-21/h1-5,10-11,15H,6-9,12H2/t15-/m1/s1. The van der Waals surface area contributed by atoms with Crippen molar-refractivity contribution < 1.29 is 4.42 Å². The number of oxazole rings is 1. The number of rotatable bonds is 2. The minimum Gasteiger partial charge on any atom is -0.422 e. The number of benzene rings is 1. The molecule has 2 aliphatic heterocycles. The van der Waals surface area contributed by atoms with Crippen LogP contribution in [0.15, 0.2) is 47.0 Å². The molecule has 2 aromatic heterocycles. The Labute approximate surface area is 134 Å². The normalized spacial score (nSPS) is 23.6. The van der Waals surface area contributed by atoms with Gasteiger partial charge in [-0.05, 0) is 18.1 Å². The number of piperazine rings is 1. The molecule has 0 N–H and O–H groups in total. The van der Waals surface area contributed by atoms with Crippen LogP contribution in [-0.2, 0) is 0 Å². The van der Waals surface area contributed by atoms with E-state index in [1.807, 2.05) is 30.5 Å². The van der Waals surface area contributed by atoms with Crippen molar-refractivity contribution in [1.29, 1.82) is 0 Å². The Balaban J connectivity index is 1.52. The van der Waals surface area contributed by atoms with Gasteiger partial charge in [-0.25, -0.2) is 4.98 Å². The fourth-order valence-corrected chi connectivity index (χ4v) is 3.67. The van der Waals surface area contributed by atoms with Crippen LogP contribution >= 0.6 is 0 Å². The van der Waals surface area contributed by atoms with E-state index < -0.39 is 0 Å². The van der Waals surface area contributed by atoms with Crippen LogP contribution < -0.4 is 4.90 Å². The Kier molecular flexibility index (Phi) is 2.88. The van der Waals surface area contributed by atoms with E-state index in [9.17, 15) is 0 Å². The van der Waals surface area contributed by atoms with Gasteiger partial charge in [0.25, 0.3) is 6.01 Å². The molecule has 5 rings (SSSR count). The average Bonchev–Trinajstić information content (AvgIpc) is 3.19. The lowest BCUT2D eigenvalue weighted by molar-refractivity contribution is 0.304. The second kappa shape index (κ2) is 5.06. The first-order valence-electron chi connectivity index (χ1n) is 8.18. The fourth-order valence-electron chi connectivity index (χ4n) is 3.67. The van der Waals surface area contributed by atoms with Crippen molar-refractivity contribution >= 4 is 17.2 Å². The maximum Gasteiger partial charge on any atom is 0.300 e. The number of hydrogen-bond donors (Lipinski definition) is 0. The summed E-state index contributed by atoms with van der Waals surface area (Å²) in [4.78, 5) is 13.9. The van der Waals surface area contributed by atoms with E-state index in [0.717, 1.165) is 42.4 Å². The van der Waals surface area contributed by atoms with Crippen molar-refractivity contribution in [3.63, 3.8) is 0 Å². The topological polar surface area (TPSA) is 45.4 Å². The molecule has 0 saturated carbocycles. The van der Waals surface area contributed by atoms with Gasteiger partial charge < -0.3 is 9.32 Å². The summed E-state index contributed by atoms with van der Waals surface area (Å²) in [5.74, 6) is 0. The number of nitrogens with zero attached hydrogens (tertiary/aromatic N) is 4. The minimum atomic E-state index is 0.533. The molecule has 5 nitrogen and oxygen atoms in total. The van der Waals surface area contributed by atoms with Crippen LogP contribution in [-0.4, -0.2) is 47.1 Å². The Morgan fingerprint density at radius 2 is 1.96 bits per heavy atom. The van der Waals surface area contributed by atoms with Crippen molar-refractivity contribution in [3.05, 3.63) is 42.6 Å². The lowest BCUT2D eigenvalue weighted by Gasteiger charge is -2.32. The first-order chi connectivity index (χ1) is 11.4. The van der Waals surface area contributed by atoms with Gasteiger partial charge >= 0.3 is 0 Å². The third kappa shape index (κ3) is 2.19. The lowest BCUT2D eigenvalue weighted by atomic mass is 10.1. The molecule has 2 fully saturated rings. The van der Waals surface area contributed by atoms with Crippen LogP contribution in [0, 0.1) is 0 Å². The van der Waals surface area contributed by atoms with E-state index in [1.165, 1.54) is 13.0 Å². The summed E-state index contributed by atoms with van der Waals surface area (Å²) in [6, 6.07) is 13.5. The van der Waals surface area contributed by atoms with Crippen molar-refractivity contribution in [1.82, 2.24) is 14.9 Å². The van der Waals surface area contributed by atoms with Crippen LogP contribution in [0.3, 0.4) is 0 Å². The van der Waals surface area contributed by atoms with Gasteiger partial charge in [0.2, 0.25) is 5.65 Å². The molecule has 2 atom stereocenters. The van der Waals surface area contributed by atoms with Crippen molar-refractivity contribution in [3.8, 4) is 11.1 Å². The van der Waals surface area contributed by atoms with E-state index in [-0.39, 0.29) is 0 Å². The number of pyridine rings is 1. The Bertz CT molecular complexity index is 845. The van der Waals surface area contributed by atoms with E-state index in [0.29, 0.717) is 11.7 Å². The van der Waals surface area contributed by atoms with Crippen molar-refractivity contribution in [2.75, 3.05) is 31.1 Å². The maximum absolute atomic E-state index is 6.05. The largest absolute Gasteiger partial charge is 0.422 e. The fraction of sp³-hybridized carbons (Fsp3) is 0.333. The smallest absolute Gasteiger partial charge is 0.300 e. The van der Waals surface area contributed by atoms with Gasteiger partial charge in [-0.15, -0.1) is 0 Å². The summed E-state index contributed by atoms with van der Waals surface area (Å²) in [5, 5.41) is 0. The molecule has 3 aromatic rings. The highest BCUT2D eigenvalue weighted by molar-refractivity contribution is 5.77. The Morgan fingerprint density at radius 3 is 2.87 bits per heavy atom.